The molecule has 150 valence electrons. The monoisotopic (exact) mass is 392 g/mol. The summed E-state index contributed by atoms with van der Waals surface area (Å²) in [6.45, 7) is 2.11. The van der Waals surface area contributed by atoms with E-state index in [0.29, 0.717) is 6.04 Å². The Hall–Kier alpha value is -3.10. The predicted molar refractivity (Wildman–Crippen MR) is 126 cm³/mol. The van der Waals surface area contributed by atoms with E-state index < -0.39 is 0 Å². The van der Waals surface area contributed by atoms with E-state index in [1.807, 2.05) is 0 Å². The van der Waals surface area contributed by atoms with E-state index >= 15 is 0 Å². The first-order valence-corrected chi connectivity index (χ1v) is 11.0. The summed E-state index contributed by atoms with van der Waals surface area (Å²) in [7, 11) is 0. The van der Waals surface area contributed by atoms with Crippen LogP contribution in [-0.4, -0.2) is 16.4 Å². The standard InChI is InChI=1S/C28H28N2/c1-3-11-22(12-4-1)13-7-10-18-27-28-25(24-16-8-9-17-26(24)29-28)19-20-30(27)21-23-14-5-2-6-15-23/h1-9,11-17,27,29H,10,18-21H2/b13-7+. The Labute approximate surface area is 178 Å². The maximum atomic E-state index is 3.77. The van der Waals surface area contributed by atoms with Gasteiger partial charge >= 0.3 is 0 Å². The van der Waals surface area contributed by atoms with Crippen molar-refractivity contribution >= 4 is 17.0 Å². The van der Waals surface area contributed by atoms with E-state index in [-0.39, 0.29) is 0 Å². The maximum absolute atomic E-state index is 3.77. The fraction of sp³-hybridized carbons (Fsp3) is 0.214. The van der Waals surface area contributed by atoms with Gasteiger partial charge in [-0.05, 0) is 42.0 Å². The van der Waals surface area contributed by atoms with Gasteiger partial charge in [0.15, 0.2) is 0 Å². The van der Waals surface area contributed by atoms with E-state index in [2.05, 4.69) is 107 Å². The molecular formula is C28H28N2. The van der Waals surface area contributed by atoms with Crippen LogP contribution in [0, 0.1) is 0 Å². The molecule has 2 nitrogen and oxygen atoms in total. The topological polar surface area (TPSA) is 19.0 Å². The fourth-order valence-corrected chi connectivity index (χ4v) is 4.74. The zero-order valence-electron chi connectivity index (χ0n) is 17.3. The lowest BCUT2D eigenvalue weighted by atomic mass is 9.93. The normalized spacial score (nSPS) is 16.9. The molecule has 4 aromatic rings. The van der Waals surface area contributed by atoms with Gasteiger partial charge in [-0.15, -0.1) is 0 Å². The second kappa shape index (κ2) is 8.73. The summed E-state index contributed by atoms with van der Waals surface area (Å²) in [6, 6.07) is 30.6. The van der Waals surface area contributed by atoms with E-state index in [0.717, 1.165) is 32.4 Å². The fourth-order valence-electron chi connectivity index (χ4n) is 4.74. The van der Waals surface area contributed by atoms with Gasteiger partial charge in [0.05, 0.1) is 6.04 Å². The maximum Gasteiger partial charge on any atom is 0.0508 e. The van der Waals surface area contributed by atoms with Crippen molar-refractivity contribution < 1.29 is 0 Å². The molecule has 1 N–H and O–H groups in total. The molecule has 1 atom stereocenters. The van der Waals surface area contributed by atoms with Crippen LogP contribution in [0.3, 0.4) is 0 Å². The van der Waals surface area contributed by atoms with Gasteiger partial charge in [0.1, 0.15) is 0 Å². The minimum absolute atomic E-state index is 0.418. The van der Waals surface area contributed by atoms with Crippen LogP contribution < -0.4 is 0 Å². The van der Waals surface area contributed by atoms with Gasteiger partial charge in [-0.25, -0.2) is 0 Å². The van der Waals surface area contributed by atoms with Crippen molar-refractivity contribution in [3.05, 3.63) is 113 Å². The lowest BCUT2D eigenvalue weighted by molar-refractivity contribution is 0.165. The molecule has 0 saturated carbocycles. The Morgan fingerprint density at radius 2 is 1.60 bits per heavy atom. The highest BCUT2D eigenvalue weighted by Gasteiger charge is 2.29. The van der Waals surface area contributed by atoms with Gasteiger partial charge in [0.25, 0.3) is 0 Å². The van der Waals surface area contributed by atoms with Crippen molar-refractivity contribution in [1.29, 1.82) is 0 Å². The first-order valence-electron chi connectivity index (χ1n) is 11.0. The smallest absolute Gasteiger partial charge is 0.0508 e. The number of nitrogens with one attached hydrogen (secondary N) is 1. The number of aromatic amines is 1. The molecule has 0 bridgehead atoms. The Morgan fingerprint density at radius 1 is 0.867 bits per heavy atom. The largest absolute Gasteiger partial charge is 0.357 e. The molecule has 0 saturated heterocycles. The van der Waals surface area contributed by atoms with Gasteiger partial charge in [-0.3, -0.25) is 4.90 Å². The molecule has 0 aliphatic carbocycles. The van der Waals surface area contributed by atoms with Crippen LogP contribution in [0.25, 0.3) is 17.0 Å². The second-order valence-corrected chi connectivity index (χ2v) is 8.18. The van der Waals surface area contributed by atoms with Crippen LogP contribution in [-0.2, 0) is 13.0 Å². The van der Waals surface area contributed by atoms with Gasteiger partial charge in [0.2, 0.25) is 0 Å². The molecule has 0 fully saturated rings. The Morgan fingerprint density at radius 3 is 2.43 bits per heavy atom. The van der Waals surface area contributed by atoms with Crippen molar-refractivity contribution in [1.82, 2.24) is 9.88 Å². The molecule has 0 spiro atoms. The summed E-state index contributed by atoms with van der Waals surface area (Å²) >= 11 is 0. The number of allylic oxidation sites excluding steroid dienone is 1. The van der Waals surface area contributed by atoms with Crippen LogP contribution >= 0.6 is 0 Å². The minimum Gasteiger partial charge on any atom is -0.357 e. The molecule has 1 aromatic heterocycles. The molecule has 2 heterocycles. The SMILES string of the molecule is C(=C\c1ccccc1)/CCC1c2[nH]c3ccccc3c2CCN1Cc1ccccc1. The predicted octanol–water partition coefficient (Wildman–Crippen LogP) is 6.76. The molecule has 2 heteroatoms. The average Bonchev–Trinajstić information content (AvgIpc) is 3.18. The molecule has 1 aliphatic rings. The van der Waals surface area contributed by atoms with E-state index in [1.54, 1.807) is 0 Å². The zero-order valence-corrected chi connectivity index (χ0v) is 17.3. The minimum atomic E-state index is 0.418. The summed E-state index contributed by atoms with van der Waals surface area (Å²) in [5, 5.41) is 1.40. The highest BCUT2D eigenvalue weighted by Crippen LogP contribution is 2.37. The molecule has 0 radical (unpaired) electrons. The number of para-hydroxylation sites is 1. The molecule has 1 aliphatic heterocycles. The van der Waals surface area contributed by atoms with E-state index in [1.165, 1.54) is 33.3 Å². The third kappa shape index (κ3) is 3.96. The Kier molecular flexibility index (Phi) is 5.50. The van der Waals surface area contributed by atoms with Crippen molar-refractivity contribution in [3.63, 3.8) is 0 Å². The van der Waals surface area contributed by atoms with Gasteiger partial charge in [0, 0.05) is 29.7 Å². The Balaban J connectivity index is 1.40. The van der Waals surface area contributed by atoms with Gasteiger partial charge in [-0.2, -0.15) is 0 Å². The average molecular weight is 393 g/mol. The molecule has 5 rings (SSSR count). The summed E-state index contributed by atoms with van der Waals surface area (Å²) < 4.78 is 0. The van der Waals surface area contributed by atoms with Gasteiger partial charge < -0.3 is 4.98 Å². The van der Waals surface area contributed by atoms with E-state index in [9.17, 15) is 0 Å². The zero-order chi connectivity index (χ0) is 20.2. The second-order valence-electron chi connectivity index (χ2n) is 8.18. The number of H-pyrrole nitrogens is 1. The summed E-state index contributed by atoms with van der Waals surface area (Å²) in [5.41, 5.74) is 6.88. The molecule has 3 aromatic carbocycles. The van der Waals surface area contributed by atoms with E-state index in [4.69, 9.17) is 0 Å². The highest BCUT2D eigenvalue weighted by molar-refractivity contribution is 5.85. The molecule has 1 unspecified atom stereocenters. The summed E-state index contributed by atoms with van der Waals surface area (Å²) in [6.07, 6.45) is 7.88. The number of hydrogen-bond donors (Lipinski definition) is 1. The van der Waals surface area contributed by atoms with Crippen molar-refractivity contribution in [3.8, 4) is 0 Å². The Bertz CT molecular complexity index is 1130. The molecule has 0 amide bonds. The van der Waals surface area contributed by atoms with Crippen LogP contribution in [0.2, 0.25) is 0 Å². The number of nitrogens with zero attached hydrogens (tertiary/aromatic N) is 1. The van der Waals surface area contributed by atoms with Crippen molar-refractivity contribution in [2.24, 2.45) is 0 Å². The number of hydrogen-bond acceptors (Lipinski definition) is 1. The highest BCUT2D eigenvalue weighted by atomic mass is 15.2. The van der Waals surface area contributed by atoms with Gasteiger partial charge in [-0.1, -0.05) is 91.0 Å². The first-order chi connectivity index (χ1) is 14.9. The lowest BCUT2D eigenvalue weighted by Gasteiger charge is -2.36. The third-order valence-corrected chi connectivity index (χ3v) is 6.21. The number of benzene rings is 3. The van der Waals surface area contributed by atoms with Crippen molar-refractivity contribution in [2.45, 2.75) is 31.8 Å². The number of aromatic nitrogens is 1. The summed E-state index contributed by atoms with van der Waals surface area (Å²) in [5.74, 6) is 0. The molecular weight excluding hydrogens is 364 g/mol. The first kappa shape index (κ1) is 18.9. The van der Waals surface area contributed by atoms with Crippen LogP contribution in [0.4, 0.5) is 0 Å². The third-order valence-electron chi connectivity index (χ3n) is 6.21. The lowest BCUT2D eigenvalue weighted by Crippen LogP contribution is -2.35. The van der Waals surface area contributed by atoms with Crippen LogP contribution in [0.15, 0.2) is 91.0 Å². The van der Waals surface area contributed by atoms with Crippen LogP contribution in [0.1, 0.15) is 41.3 Å². The van der Waals surface area contributed by atoms with Crippen LogP contribution in [0.5, 0.6) is 0 Å². The quantitative estimate of drug-likeness (QED) is 0.384. The number of rotatable bonds is 6. The summed E-state index contributed by atoms with van der Waals surface area (Å²) in [4.78, 5) is 6.43. The number of fused-ring (bicyclic) bond motifs is 3. The van der Waals surface area contributed by atoms with Crippen molar-refractivity contribution in [2.75, 3.05) is 6.54 Å². The molecule has 30 heavy (non-hydrogen) atoms.